The van der Waals surface area contributed by atoms with Gasteiger partial charge in [-0.25, -0.2) is 4.98 Å². The molecule has 0 bridgehead atoms. The molecule has 1 saturated heterocycles. The topological polar surface area (TPSA) is 21.1 Å². The van der Waals surface area contributed by atoms with Crippen molar-refractivity contribution in [3.05, 3.63) is 125 Å². The molecular weight excluding hydrogens is 485 g/mol. The first kappa shape index (κ1) is 26.3. The third-order valence-electron chi connectivity index (χ3n) is 6.71. The van der Waals surface area contributed by atoms with Crippen LogP contribution in [0.15, 0.2) is 97.5 Å². The quantitative estimate of drug-likeness (QED) is 0.276. The lowest BCUT2D eigenvalue weighted by molar-refractivity contribution is 0.170. The van der Waals surface area contributed by atoms with E-state index in [4.69, 9.17) is 11.6 Å². The second kappa shape index (κ2) is 11.9. The van der Waals surface area contributed by atoms with Crippen LogP contribution in [0.5, 0.6) is 0 Å². The zero-order chi connectivity index (χ0) is 21.8. The first-order chi connectivity index (χ1) is 15.7. The summed E-state index contributed by atoms with van der Waals surface area (Å²) < 4.78 is 2.15. The number of imidazole rings is 1. The number of halogens is 3. The Hall–Kier alpha value is -2.30. The smallest absolute Gasteiger partial charge is 0.0953 e. The minimum atomic E-state index is 0. The molecule has 0 atom stereocenters. The Labute approximate surface area is 219 Å². The van der Waals surface area contributed by atoms with E-state index in [2.05, 4.69) is 93.4 Å². The molecule has 4 aromatic rings. The molecule has 0 aliphatic carbocycles. The van der Waals surface area contributed by atoms with Gasteiger partial charge in [0.1, 0.15) is 0 Å². The maximum Gasteiger partial charge on any atom is 0.0953 e. The Morgan fingerprint density at radius 1 is 0.735 bits per heavy atom. The highest BCUT2D eigenvalue weighted by Gasteiger charge is 2.37. The molecule has 34 heavy (non-hydrogen) atoms. The largest absolute Gasteiger partial charge is 0.333 e. The number of rotatable bonds is 6. The van der Waals surface area contributed by atoms with Crippen molar-refractivity contribution in [2.45, 2.75) is 31.3 Å². The molecule has 1 aromatic heterocycles. The van der Waals surface area contributed by atoms with E-state index in [0.29, 0.717) is 0 Å². The Morgan fingerprint density at radius 2 is 1.29 bits per heavy atom. The van der Waals surface area contributed by atoms with Gasteiger partial charge >= 0.3 is 0 Å². The predicted octanol–water partition coefficient (Wildman–Crippen LogP) is 7.01. The van der Waals surface area contributed by atoms with E-state index < -0.39 is 0 Å². The first-order valence-corrected chi connectivity index (χ1v) is 11.7. The number of hydrogen-bond acceptors (Lipinski definition) is 2. The summed E-state index contributed by atoms with van der Waals surface area (Å²) in [6.07, 6.45) is 6.34. The van der Waals surface area contributed by atoms with Crippen molar-refractivity contribution < 1.29 is 0 Å². The van der Waals surface area contributed by atoms with Gasteiger partial charge in [-0.05, 0) is 54.8 Å². The van der Waals surface area contributed by atoms with Crippen LogP contribution < -0.4 is 0 Å². The van der Waals surface area contributed by atoms with Crippen molar-refractivity contribution in [3.8, 4) is 0 Å². The van der Waals surface area contributed by atoms with Gasteiger partial charge in [0.15, 0.2) is 0 Å². The highest BCUT2D eigenvalue weighted by Crippen LogP contribution is 2.41. The van der Waals surface area contributed by atoms with Crippen LogP contribution in [0.4, 0.5) is 0 Å². The lowest BCUT2D eigenvalue weighted by Gasteiger charge is -2.42. The second-order valence-electron chi connectivity index (χ2n) is 8.75. The average Bonchev–Trinajstić information content (AvgIpc) is 3.29. The van der Waals surface area contributed by atoms with E-state index >= 15 is 0 Å². The molecule has 5 rings (SSSR count). The molecule has 3 aromatic carbocycles. The number of hydrogen-bond donors (Lipinski definition) is 0. The number of benzene rings is 3. The molecule has 0 unspecified atom stereocenters. The summed E-state index contributed by atoms with van der Waals surface area (Å²) in [5.41, 5.74) is 5.31. The van der Waals surface area contributed by atoms with Gasteiger partial charge < -0.3 is 4.57 Å². The average molecular weight is 515 g/mol. The van der Waals surface area contributed by atoms with E-state index in [-0.39, 0.29) is 30.2 Å². The number of likely N-dealkylation sites (tertiary alicyclic amines) is 1. The summed E-state index contributed by atoms with van der Waals surface area (Å²) in [6, 6.07) is 30.1. The lowest BCUT2D eigenvalue weighted by atomic mass is 9.68. The second-order valence-corrected chi connectivity index (χ2v) is 9.19. The minimum absolute atomic E-state index is 0. The maximum absolute atomic E-state index is 6.00. The molecule has 0 amide bonds. The summed E-state index contributed by atoms with van der Waals surface area (Å²) in [4.78, 5) is 7.21. The van der Waals surface area contributed by atoms with Gasteiger partial charge in [-0.1, -0.05) is 84.4 Å². The Bertz CT molecular complexity index is 1100. The van der Waals surface area contributed by atoms with Crippen molar-refractivity contribution in [1.29, 1.82) is 0 Å². The molecule has 0 N–H and O–H groups in total. The Morgan fingerprint density at radius 3 is 1.85 bits per heavy atom. The van der Waals surface area contributed by atoms with Gasteiger partial charge in [-0.2, -0.15) is 0 Å². The minimum Gasteiger partial charge on any atom is -0.333 e. The molecule has 2 heterocycles. The zero-order valence-electron chi connectivity index (χ0n) is 19.0. The van der Waals surface area contributed by atoms with E-state index in [9.17, 15) is 0 Å². The zero-order valence-corrected chi connectivity index (χ0v) is 21.4. The molecule has 1 aliphatic rings. The number of nitrogens with zero attached hydrogens (tertiary/aromatic N) is 3. The number of aromatic nitrogens is 2. The monoisotopic (exact) mass is 513 g/mol. The highest BCUT2D eigenvalue weighted by atomic mass is 35.5. The Balaban J connectivity index is 0.00000162. The van der Waals surface area contributed by atoms with Gasteiger partial charge in [0.2, 0.25) is 0 Å². The van der Waals surface area contributed by atoms with Crippen LogP contribution >= 0.6 is 36.4 Å². The number of piperidine rings is 1. The van der Waals surface area contributed by atoms with Crippen molar-refractivity contribution >= 4 is 36.4 Å². The SMILES string of the molecule is Cl.Cl.Clc1ccc(Cn2cnc(CN3CCC(c4ccccc4)(c4ccccc4)CC3)c2)cc1. The molecule has 0 spiro atoms. The molecule has 178 valence electrons. The van der Waals surface area contributed by atoms with E-state index in [1.165, 1.54) is 16.7 Å². The van der Waals surface area contributed by atoms with E-state index in [0.717, 1.165) is 49.7 Å². The molecule has 0 radical (unpaired) electrons. The van der Waals surface area contributed by atoms with Crippen LogP contribution in [0.1, 0.15) is 35.2 Å². The molecule has 3 nitrogen and oxygen atoms in total. The van der Waals surface area contributed by atoms with Crippen molar-refractivity contribution in [3.63, 3.8) is 0 Å². The third kappa shape index (κ3) is 5.84. The Kier molecular flexibility index (Phi) is 9.21. The van der Waals surface area contributed by atoms with Crippen LogP contribution in [0, 0.1) is 0 Å². The fourth-order valence-corrected chi connectivity index (χ4v) is 5.08. The van der Waals surface area contributed by atoms with Gasteiger partial charge in [0, 0.05) is 29.7 Å². The molecule has 1 aliphatic heterocycles. The lowest BCUT2D eigenvalue weighted by Crippen LogP contribution is -2.43. The molecular formula is C28H30Cl3N3. The van der Waals surface area contributed by atoms with Crippen molar-refractivity contribution in [2.24, 2.45) is 0 Å². The van der Waals surface area contributed by atoms with Crippen LogP contribution in [0.25, 0.3) is 0 Å². The van der Waals surface area contributed by atoms with E-state index in [1.54, 1.807) is 0 Å². The van der Waals surface area contributed by atoms with Crippen LogP contribution in [-0.4, -0.2) is 27.5 Å². The standard InChI is InChI=1S/C28H28ClN3.2ClH/c29-26-13-11-23(12-14-26)19-32-21-27(30-22-32)20-31-17-15-28(16-18-31,24-7-3-1-4-8-24)25-9-5-2-6-10-25;;/h1-14,21-22H,15-20H2;2*1H. The summed E-state index contributed by atoms with van der Waals surface area (Å²) in [6.45, 7) is 3.84. The summed E-state index contributed by atoms with van der Waals surface area (Å²) in [5.74, 6) is 0. The maximum atomic E-state index is 6.00. The third-order valence-corrected chi connectivity index (χ3v) is 6.97. The summed E-state index contributed by atoms with van der Waals surface area (Å²) in [5, 5.41) is 0.771. The van der Waals surface area contributed by atoms with Crippen LogP contribution in [0.3, 0.4) is 0 Å². The fraction of sp³-hybridized carbons (Fsp3) is 0.250. The summed E-state index contributed by atoms with van der Waals surface area (Å²) >= 11 is 6.00. The van der Waals surface area contributed by atoms with Crippen molar-refractivity contribution in [1.82, 2.24) is 14.5 Å². The van der Waals surface area contributed by atoms with Gasteiger partial charge in [-0.3, -0.25) is 4.90 Å². The van der Waals surface area contributed by atoms with Gasteiger partial charge in [0.05, 0.1) is 12.0 Å². The van der Waals surface area contributed by atoms with Crippen LogP contribution in [-0.2, 0) is 18.5 Å². The fourth-order valence-electron chi connectivity index (χ4n) is 4.96. The molecule has 1 fully saturated rings. The van der Waals surface area contributed by atoms with E-state index in [1.807, 2.05) is 18.5 Å². The van der Waals surface area contributed by atoms with Gasteiger partial charge in [-0.15, -0.1) is 24.8 Å². The van der Waals surface area contributed by atoms with Gasteiger partial charge in [0.25, 0.3) is 0 Å². The first-order valence-electron chi connectivity index (χ1n) is 11.3. The molecule has 6 heteroatoms. The van der Waals surface area contributed by atoms with Crippen molar-refractivity contribution in [2.75, 3.05) is 13.1 Å². The summed E-state index contributed by atoms with van der Waals surface area (Å²) in [7, 11) is 0. The predicted molar refractivity (Wildman–Crippen MR) is 145 cm³/mol. The molecule has 0 saturated carbocycles. The highest BCUT2D eigenvalue weighted by molar-refractivity contribution is 6.30. The van der Waals surface area contributed by atoms with Crippen LogP contribution in [0.2, 0.25) is 5.02 Å². The normalized spacial score (nSPS) is 15.2.